The van der Waals surface area contributed by atoms with Crippen molar-refractivity contribution in [3.05, 3.63) is 60.8 Å². The van der Waals surface area contributed by atoms with E-state index < -0.39 is 9.84 Å². The zero-order chi connectivity index (χ0) is 14.9. The zero-order valence-electron chi connectivity index (χ0n) is 11.4. The first-order valence-electron chi connectivity index (χ1n) is 6.35. The Morgan fingerprint density at radius 1 is 0.952 bits per heavy atom. The van der Waals surface area contributed by atoms with Crippen LogP contribution in [0.5, 0.6) is 11.5 Å². The average Bonchev–Trinajstić information content (AvgIpc) is 2.47. The Bertz CT molecular complexity index is 887. The minimum atomic E-state index is -3.19. The number of nitrogens with zero attached hydrogens (tertiary/aromatic N) is 1. The third-order valence-corrected chi connectivity index (χ3v) is 4.19. The maximum Gasteiger partial charge on any atom is 0.175 e. The molecule has 0 amide bonds. The molecule has 0 fully saturated rings. The van der Waals surface area contributed by atoms with Gasteiger partial charge in [0.1, 0.15) is 11.5 Å². The summed E-state index contributed by atoms with van der Waals surface area (Å²) in [5, 5.41) is 0.989. The number of hydrogen-bond donors (Lipinski definition) is 0. The minimum absolute atomic E-state index is 0.276. The molecular formula is C16H13NO3S. The Kier molecular flexibility index (Phi) is 3.35. The molecule has 0 atom stereocenters. The highest BCUT2D eigenvalue weighted by Gasteiger charge is 2.07. The van der Waals surface area contributed by atoms with Crippen LogP contribution in [0.25, 0.3) is 10.9 Å². The molecular weight excluding hydrogens is 286 g/mol. The lowest BCUT2D eigenvalue weighted by Gasteiger charge is -2.07. The SMILES string of the molecule is CS(=O)(=O)c1ccc(Oc2ccc3ncccc3c2)cc1. The van der Waals surface area contributed by atoms with E-state index in [0.29, 0.717) is 11.5 Å². The molecule has 1 heterocycles. The fourth-order valence-electron chi connectivity index (χ4n) is 2.01. The highest BCUT2D eigenvalue weighted by molar-refractivity contribution is 7.90. The standard InChI is InChI=1S/C16H13NO3S/c1-21(18,19)15-7-4-13(5-8-15)20-14-6-9-16-12(11-14)3-2-10-17-16/h2-11H,1H3. The first kappa shape index (κ1) is 13.6. The van der Waals surface area contributed by atoms with Crippen molar-refractivity contribution < 1.29 is 13.2 Å². The van der Waals surface area contributed by atoms with Crippen LogP contribution in [-0.2, 0) is 9.84 Å². The molecule has 0 aliphatic rings. The molecule has 0 aliphatic heterocycles. The van der Waals surface area contributed by atoms with Crippen molar-refractivity contribution in [2.45, 2.75) is 4.90 Å². The first-order valence-corrected chi connectivity index (χ1v) is 8.24. The van der Waals surface area contributed by atoms with E-state index in [-0.39, 0.29) is 4.90 Å². The molecule has 3 aromatic rings. The summed E-state index contributed by atoms with van der Waals surface area (Å²) in [5.41, 5.74) is 0.900. The van der Waals surface area contributed by atoms with Crippen LogP contribution in [0, 0.1) is 0 Å². The molecule has 3 rings (SSSR count). The van der Waals surface area contributed by atoms with Crippen LogP contribution in [-0.4, -0.2) is 19.7 Å². The minimum Gasteiger partial charge on any atom is -0.457 e. The molecule has 4 nitrogen and oxygen atoms in total. The molecule has 0 radical (unpaired) electrons. The fourth-order valence-corrected chi connectivity index (χ4v) is 2.64. The summed E-state index contributed by atoms with van der Waals surface area (Å²) in [6.07, 6.45) is 2.92. The Morgan fingerprint density at radius 2 is 1.67 bits per heavy atom. The van der Waals surface area contributed by atoms with Crippen LogP contribution in [0.3, 0.4) is 0 Å². The van der Waals surface area contributed by atoms with Gasteiger partial charge in [-0.25, -0.2) is 8.42 Å². The van der Waals surface area contributed by atoms with E-state index in [4.69, 9.17) is 4.74 Å². The molecule has 0 spiro atoms. The van der Waals surface area contributed by atoms with Gasteiger partial charge < -0.3 is 4.74 Å². The zero-order valence-corrected chi connectivity index (χ0v) is 12.2. The van der Waals surface area contributed by atoms with E-state index in [0.717, 1.165) is 10.9 Å². The summed E-state index contributed by atoms with van der Waals surface area (Å²) in [6, 6.07) is 15.8. The summed E-state index contributed by atoms with van der Waals surface area (Å²) >= 11 is 0. The molecule has 2 aromatic carbocycles. The summed E-state index contributed by atoms with van der Waals surface area (Å²) in [7, 11) is -3.19. The van der Waals surface area contributed by atoms with Crippen molar-refractivity contribution in [1.29, 1.82) is 0 Å². The van der Waals surface area contributed by atoms with Crippen molar-refractivity contribution in [3.8, 4) is 11.5 Å². The lowest BCUT2D eigenvalue weighted by molar-refractivity contribution is 0.483. The Morgan fingerprint density at radius 3 is 2.38 bits per heavy atom. The van der Waals surface area contributed by atoms with E-state index in [2.05, 4.69) is 4.98 Å². The van der Waals surface area contributed by atoms with Gasteiger partial charge >= 0.3 is 0 Å². The van der Waals surface area contributed by atoms with Crippen LogP contribution in [0.4, 0.5) is 0 Å². The fraction of sp³-hybridized carbons (Fsp3) is 0.0625. The van der Waals surface area contributed by atoms with E-state index in [1.54, 1.807) is 18.3 Å². The smallest absolute Gasteiger partial charge is 0.175 e. The summed E-state index contributed by atoms with van der Waals surface area (Å²) in [4.78, 5) is 4.52. The maximum atomic E-state index is 11.4. The van der Waals surface area contributed by atoms with E-state index in [9.17, 15) is 8.42 Å². The molecule has 0 saturated carbocycles. The summed E-state index contributed by atoms with van der Waals surface area (Å²) in [6.45, 7) is 0. The van der Waals surface area contributed by atoms with Gasteiger partial charge in [0, 0.05) is 17.8 Å². The van der Waals surface area contributed by atoms with Gasteiger partial charge in [-0.05, 0) is 48.5 Å². The molecule has 5 heteroatoms. The van der Waals surface area contributed by atoms with Gasteiger partial charge in [-0.3, -0.25) is 4.98 Å². The molecule has 21 heavy (non-hydrogen) atoms. The Labute approximate surface area is 122 Å². The molecule has 0 saturated heterocycles. The number of pyridine rings is 1. The predicted molar refractivity (Wildman–Crippen MR) is 81.4 cm³/mol. The van der Waals surface area contributed by atoms with E-state index >= 15 is 0 Å². The second-order valence-electron chi connectivity index (χ2n) is 4.70. The highest BCUT2D eigenvalue weighted by atomic mass is 32.2. The van der Waals surface area contributed by atoms with Gasteiger partial charge in [-0.1, -0.05) is 6.07 Å². The lowest BCUT2D eigenvalue weighted by Crippen LogP contribution is -1.96. The van der Waals surface area contributed by atoms with Gasteiger partial charge in [0.15, 0.2) is 9.84 Å². The van der Waals surface area contributed by atoms with E-state index in [1.165, 1.54) is 18.4 Å². The third kappa shape index (κ3) is 3.03. The van der Waals surface area contributed by atoms with Crippen molar-refractivity contribution in [3.63, 3.8) is 0 Å². The molecule has 0 unspecified atom stereocenters. The van der Waals surface area contributed by atoms with Crippen molar-refractivity contribution in [1.82, 2.24) is 4.98 Å². The Balaban J connectivity index is 1.88. The predicted octanol–water partition coefficient (Wildman–Crippen LogP) is 3.43. The van der Waals surface area contributed by atoms with Crippen LogP contribution >= 0.6 is 0 Å². The van der Waals surface area contributed by atoms with Gasteiger partial charge in [0.25, 0.3) is 0 Å². The summed E-state index contributed by atoms with van der Waals surface area (Å²) in [5.74, 6) is 1.27. The topological polar surface area (TPSA) is 56.3 Å². The normalized spacial score (nSPS) is 11.5. The number of fused-ring (bicyclic) bond motifs is 1. The third-order valence-electron chi connectivity index (χ3n) is 3.06. The van der Waals surface area contributed by atoms with Crippen LogP contribution in [0.1, 0.15) is 0 Å². The van der Waals surface area contributed by atoms with Crippen molar-refractivity contribution in [2.24, 2.45) is 0 Å². The number of sulfone groups is 1. The Hall–Kier alpha value is -2.40. The largest absolute Gasteiger partial charge is 0.457 e. The van der Waals surface area contributed by atoms with Gasteiger partial charge in [-0.2, -0.15) is 0 Å². The second-order valence-corrected chi connectivity index (χ2v) is 6.72. The second kappa shape index (κ2) is 5.18. The van der Waals surface area contributed by atoms with Gasteiger partial charge in [0.2, 0.25) is 0 Å². The highest BCUT2D eigenvalue weighted by Crippen LogP contribution is 2.25. The van der Waals surface area contributed by atoms with Crippen molar-refractivity contribution in [2.75, 3.05) is 6.26 Å². The van der Waals surface area contributed by atoms with Gasteiger partial charge in [0.05, 0.1) is 10.4 Å². The van der Waals surface area contributed by atoms with Crippen LogP contribution in [0.15, 0.2) is 65.7 Å². The monoisotopic (exact) mass is 299 g/mol. The molecule has 0 aliphatic carbocycles. The number of ether oxygens (including phenoxy) is 1. The average molecular weight is 299 g/mol. The number of benzene rings is 2. The van der Waals surface area contributed by atoms with Crippen LogP contribution < -0.4 is 4.74 Å². The number of rotatable bonds is 3. The molecule has 0 N–H and O–H groups in total. The number of aromatic nitrogens is 1. The molecule has 0 bridgehead atoms. The number of hydrogen-bond acceptors (Lipinski definition) is 4. The quantitative estimate of drug-likeness (QED) is 0.743. The lowest BCUT2D eigenvalue weighted by atomic mass is 10.2. The van der Waals surface area contributed by atoms with Crippen molar-refractivity contribution >= 4 is 20.7 Å². The van der Waals surface area contributed by atoms with E-state index in [1.807, 2.05) is 30.3 Å². The summed E-state index contributed by atoms with van der Waals surface area (Å²) < 4.78 is 28.5. The van der Waals surface area contributed by atoms with Gasteiger partial charge in [-0.15, -0.1) is 0 Å². The molecule has 106 valence electrons. The first-order chi connectivity index (χ1) is 10.0. The molecule has 1 aromatic heterocycles. The van der Waals surface area contributed by atoms with Crippen LogP contribution in [0.2, 0.25) is 0 Å². The maximum absolute atomic E-state index is 11.4.